The summed E-state index contributed by atoms with van der Waals surface area (Å²) in [6, 6.07) is 0. The predicted octanol–water partition coefficient (Wildman–Crippen LogP) is -1.67. The fourth-order valence-corrected chi connectivity index (χ4v) is 2.44. The van der Waals surface area contributed by atoms with Crippen LogP contribution in [0.3, 0.4) is 0 Å². The van der Waals surface area contributed by atoms with Gasteiger partial charge < -0.3 is 4.74 Å². The van der Waals surface area contributed by atoms with Crippen LogP contribution >= 0.6 is 0 Å². The molecule has 1 fully saturated rings. The average molecular weight is 247 g/mol. The lowest BCUT2D eigenvalue weighted by Gasteiger charge is -2.25. The van der Waals surface area contributed by atoms with E-state index >= 15 is 0 Å². The van der Waals surface area contributed by atoms with Gasteiger partial charge in [0, 0.05) is 13.2 Å². The molecular formula is C7H13N5O3S. The summed E-state index contributed by atoms with van der Waals surface area (Å²) in [5.41, 5.74) is 0.410. The average Bonchev–Trinajstić information content (AvgIpc) is 2.76. The van der Waals surface area contributed by atoms with Crippen molar-refractivity contribution in [3.63, 3.8) is 0 Å². The molecule has 0 radical (unpaired) electrons. The Labute approximate surface area is 93.2 Å². The number of aryl methyl sites for hydroxylation is 1. The molecule has 0 aliphatic carbocycles. The Bertz CT molecular complexity index is 464. The van der Waals surface area contributed by atoms with Gasteiger partial charge in [-0.15, -0.1) is 0 Å². The lowest BCUT2D eigenvalue weighted by molar-refractivity contribution is 0.190. The molecule has 2 rings (SSSR count). The van der Waals surface area contributed by atoms with Crippen LogP contribution in [-0.2, 0) is 22.0 Å². The van der Waals surface area contributed by atoms with Crippen molar-refractivity contribution in [3.05, 3.63) is 12.4 Å². The Hall–Kier alpha value is -1.16. The second-order valence-corrected chi connectivity index (χ2v) is 4.87. The summed E-state index contributed by atoms with van der Waals surface area (Å²) < 4.78 is 30.6. The first-order chi connectivity index (χ1) is 7.48. The van der Waals surface area contributed by atoms with Gasteiger partial charge in [-0.25, -0.2) is 9.44 Å². The molecule has 0 spiro atoms. The van der Waals surface area contributed by atoms with Crippen LogP contribution in [0, 0.1) is 0 Å². The van der Waals surface area contributed by atoms with Crippen molar-refractivity contribution in [2.24, 2.45) is 12.2 Å². The van der Waals surface area contributed by atoms with E-state index in [2.05, 4.69) is 10.4 Å². The van der Waals surface area contributed by atoms with Gasteiger partial charge in [0.05, 0.1) is 25.2 Å². The minimum absolute atomic E-state index is 0.255. The van der Waals surface area contributed by atoms with E-state index in [9.17, 15) is 8.42 Å². The van der Waals surface area contributed by atoms with Crippen molar-refractivity contribution in [1.29, 1.82) is 0 Å². The van der Waals surface area contributed by atoms with Crippen molar-refractivity contribution in [2.45, 2.75) is 6.17 Å². The minimum Gasteiger partial charge on any atom is -0.363 e. The van der Waals surface area contributed by atoms with E-state index in [0.29, 0.717) is 12.4 Å². The molecule has 0 amide bonds. The molecule has 1 aromatic heterocycles. The van der Waals surface area contributed by atoms with Crippen LogP contribution in [0.2, 0.25) is 0 Å². The van der Waals surface area contributed by atoms with Crippen molar-refractivity contribution in [2.75, 3.05) is 17.6 Å². The lowest BCUT2D eigenvalue weighted by atomic mass is 10.4. The number of hydrogen-bond acceptors (Lipinski definition) is 5. The maximum Gasteiger partial charge on any atom is 0.300 e. The molecule has 9 heteroatoms. The number of nitrogens with one attached hydrogen (secondary N) is 1. The van der Waals surface area contributed by atoms with Crippen LogP contribution in [0.1, 0.15) is 0 Å². The third-order valence-corrected chi connectivity index (χ3v) is 3.21. The van der Waals surface area contributed by atoms with Gasteiger partial charge in [-0.3, -0.25) is 10.00 Å². The zero-order chi connectivity index (χ0) is 11.8. The fraction of sp³-hybridized carbons (Fsp3) is 0.571. The van der Waals surface area contributed by atoms with E-state index in [1.165, 1.54) is 10.9 Å². The SMILES string of the molecule is Cn1cc(N(C2COCN2)S(N)(=O)=O)cn1. The summed E-state index contributed by atoms with van der Waals surface area (Å²) in [7, 11) is -2.15. The van der Waals surface area contributed by atoms with Crippen LogP contribution in [-0.4, -0.2) is 37.7 Å². The number of hydrogen-bond donors (Lipinski definition) is 2. The highest BCUT2D eigenvalue weighted by molar-refractivity contribution is 7.90. The summed E-state index contributed by atoms with van der Waals surface area (Å²) in [5, 5.41) is 12.0. The molecule has 1 unspecified atom stereocenters. The fourth-order valence-electron chi connectivity index (χ4n) is 1.56. The van der Waals surface area contributed by atoms with E-state index in [4.69, 9.17) is 9.88 Å². The summed E-state index contributed by atoms with van der Waals surface area (Å²) in [6.45, 7) is 0.558. The van der Waals surface area contributed by atoms with Gasteiger partial charge >= 0.3 is 10.2 Å². The van der Waals surface area contributed by atoms with Crippen LogP contribution < -0.4 is 14.8 Å². The zero-order valence-electron chi connectivity index (χ0n) is 8.70. The second kappa shape index (κ2) is 4.01. The number of ether oxygens (including phenoxy) is 1. The molecule has 0 saturated carbocycles. The Morgan fingerprint density at radius 2 is 2.50 bits per heavy atom. The molecule has 1 atom stereocenters. The van der Waals surface area contributed by atoms with Crippen molar-refractivity contribution < 1.29 is 13.2 Å². The van der Waals surface area contributed by atoms with E-state index in [1.807, 2.05) is 0 Å². The smallest absolute Gasteiger partial charge is 0.300 e. The third kappa shape index (κ3) is 2.16. The van der Waals surface area contributed by atoms with Gasteiger partial charge in [0.2, 0.25) is 0 Å². The van der Waals surface area contributed by atoms with Gasteiger partial charge in [-0.1, -0.05) is 0 Å². The monoisotopic (exact) mass is 247 g/mol. The van der Waals surface area contributed by atoms with Crippen LogP contribution in [0.5, 0.6) is 0 Å². The van der Waals surface area contributed by atoms with Gasteiger partial charge in [-0.05, 0) is 0 Å². The maximum atomic E-state index is 11.5. The quantitative estimate of drug-likeness (QED) is 0.665. The molecule has 8 nitrogen and oxygen atoms in total. The van der Waals surface area contributed by atoms with Crippen molar-refractivity contribution in [3.8, 4) is 0 Å². The topological polar surface area (TPSA) is 102 Å². The van der Waals surface area contributed by atoms with Crippen molar-refractivity contribution in [1.82, 2.24) is 15.1 Å². The summed E-state index contributed by atoms with van der Waals surface area (Å²) in [4.78, 5) is 0. The second-order valence-electron chi connectivity index (χ2n) is 3.45. The Balaban J connectivity index is 2.35. The highest BCUT2D eigenvalue weighted by Gasteiger charge is 2.31. The zero-order valence-corrected chi connectivity index (χ0v) is 9.51. The molecule has 1 aliphatic rings. The Morgan fingerprint density at radius 3 is 2.94 bits per heavy atom. The molecule has 1 saturated heterocycles. The molecular weight excluding hydrogens is 234 g/mol. The molecule has 1 aliphatic heterocycles. The number of nitrogens with two attached hydrogens (primary N) is 1. The Kier molecular flexibility index (Phi) is 2.84. The highest BCUT2D eigenvalue weighted by atomic mass is 32.2. The van der Waals surface area contributed by atoms with Crippen LogP contribution in [0.25, 0.3) is 0 Å². The molecule has 0 bridgehead atoms. The molecule has 1 aromatic rings. The Morgan fingerprint density at radius 1 is 1.75 bits per heavy atom. The van der Waals surface area contributed by atoms with E-state index < -0.39 is 16.4 Å². The third-order valence-electron chi connectivity index (χ3n) is 2.20. The number of rotatable bonds is 3. The van der Waals surface area contributed by atoms with Crippen LogP contribution in [0.15, 0.2) is 12.4 Å². The largest absolute Gasteiger partial charge is 0.363 e. The van der Waals surface area contributed by atoms with Gasteiger partial charge in [0.15, 0.2) is 0 Å². The number of aromatic nitrogens is 2. The van der Waals surface area contributed by atoms with Gasteiger partial charge in [-0.2, -0.15) is 13.5 Å². The molecule has 2 heterocycles. The summed E-state index contributed by atoms with van der Waals surface area (Å²) in [6.07, 6.45) is 2.52. The van der Waals surface area contributed by atoms with E-state index in [-0.39, 0.29) is 6.61 Å². The number of nitrogens with zero attached hydrogens (tertiary/aromatic N) is 3. The first-order valence-corrected chi connectivity index (χ1v) is 6.11. The minimum atomic E-state index is -3.85. The maximum absolute atomic E-state index is 11.5. The standard InChI is InChI=1S/C7H13N5O3S/c1-11-3-6(2-10-11)12(16(8,13)14)7-4-15-5-9-7/h2-3,7,9H,4-5H2,1H3,(H2,8,13,14). The van der Waals surface area contributed by atoms with Crippen molar-refractivity contribution >= 4 is 15.9 Å². The summed E-state index contributed by atoms with van der Waals surface area (Å²) >= 11 is 0. The van der Waals surface area contributed by atoms with Gasteiger partial charge in [0.1, 0.15) is 6.17 Å². The summed E-state index contributed by atoms with van der Waals surface area (Å²) in [5.74, 6) is 0. The number of anilines is 1. The molecule has 90 valence electrons. The molecule has 16 heavy (non-hydrogen) atoms. The first-order valence-electron chi connectivity index (χ1n) is 4.60. The van der Waals surface area contributed by atoms with Gasteiger partial charge in [0.25, 0.3) is 0 Å². The predicted molar refractivity (Wildman–Crippen MR) is 56.5 cm³/mol. The first kappa shape index (κ1) is 11.3. The molecule has 3 N–H and O–H groups in total. The lowest BCUT2D eigenvalue weighted by Crippen LogP contribution is -2.50. The van der Waals surface area contributed by atoms with Crippen LogP contribution in [0.4, 0.5) is 5.69 Å². The van der Waals surface area contributed by atoms with E-state index in [0.717, 1.165) is 4.31 Å². The molecule has 0 aromatic carbocycles. The van der Waals surface area contributed by atoms with E-state index in [1.54, 1.807) is 13.2 Å². The normalized spacial score (nSPS) is 21.2. The highest BCUT2D eigenvalue weighted by Crippen LogP contribution is 2.18.